The minimum atomic E-state index is -0.133. The zero-order valence-electron chi connectivity index (χ0n) is 13.6. The van der Waals surface area contributed by atoms with E-state index in [0.29, 0.717) is 18.7 Å². The van der Waals surface area contributed by atoms with Crippen molar-refractivity contribution in [3.8, 4) is 0 Å². The molecule has 1 N–H and O–H groups in total. The number of carbonyl (C=O) groups is 1. The third-order valence-electron chi connectivity index (χ3n) is 3.70. The second-order valence-corrected chi connectivity index (χ2v) is 7.35. The second kappa shape index (κ2) is 8.66. The number of ether oxygens (including phenoxy) is 1. The van der Waals surface area contributed by atoms with Gasteiger partial charge in [-0.15, -0.1) is 11.3 Å². The highest BCUT2D eigenvalue weighted by atomic mass is 32.2. The maximum Gasteiger partial charge on any atom is 0.254 e. The first kappa shape index (κ1) is 17.5. The molecule has 0 unspecified atom stereocenters. The van der Waals surface area contributed by atoms with Gasteiger partial charge in [-0.05, 0) is 12.3 Å². The van der Waals surface area contributed by atoms with E-state index in [0.717, 1.165) is 48.5 Å². The van der Waals surface area contributed by atoms with Crippen LogP contribution in [-0.4, -0.2) is 48.4 Å². The van der Waals surface area contributed by atoms with Crippen LogP contribution in [0.3, 0.4) is 0 Å². The van der Waals surface area contributed by atoms with Crippen molar-refractivity contribution in [2.75, 3.05) is 32.6 Å². The number of furan rings is 1. The number of hydrogen-bond acceptors (Lipinski definition) is 7. The Morgan fingerprint density at radius 1 is 1.46 bits per heavy atom. The number of morpholine rings is 1. The van der Waals surface area contributed by atoms with Crippen molar-refractivity contribution in [3.63, 3.8) is 0 Å². The molecular weight excluding hydrogens is 346 g/mol. The van der Waals surface area contributed by atoms with Crippen LogP contribution in [0, 0.1) is 0 Å². The van der Waals surface area contributed by atoms with Crippen molar-refractivity contribution in [3.05, 3.63) is 39.7 Å². The minimum Gasteiger partial charge on any atom is -0.467 e. The molecule has 2 aromatic heterocycles. The molecule has 0 radical (unpaired) electrons. The smallest absolute Gasteiger partial charge is 0.254 e. The first-order valence-electron chi connectivity index (χ1n) is 7.82. The number of nitrogens with one attached hydrogen (secondary N) is 1. The summed E-state index contributed by atoms with van der Waals surface area (Å²) in [5.41, 5.74) is 1.45. The highest BCUT2D eigenvalue weighted by Crippen LogP contribution is 2.15. The highest BCUT2D eigenvalue weighted by Gasteiger charge is 2.15. The predicted octanol–water partition coefficient (Wildman–Crippen LogP) is 2.36. The Hall–Kier alpha value is -1.35. The van der Waals surface area contributed by atoms with Gasteiger partial charge >= 0.3 is 0 Å². The Bertz CT molecular complexity index is 665. The molecule has 0 bridgehead atoms. The minimum absolute atomic E-state index is 0.133. The Morgan fingerprint density at radius 2 is 2.29 bits per heavy atom. The standard InChI is InChI=1S/C16H21N3O3S2/c1-23-11-15-18-13(10-24-15)7-17-16(20)12-6-14(22-9-12)8-19-2-4-21-5-3-19/h6,9-10H,2-5,7-8,11H2,1H3,(H,17,20). The quantitative estimate of drug-likeness (QED) is 0.810. The van der Waals surface area contributed by atoms with Gasteiger partial charge in [-0.3, -0.25) is 9.69 Å². The molecule has 0 saturated carbocycles. The largest absolute Gasteiger partial charge is 0.467 e. The molecule has 8 heteroatoms. The van der Waals surface area contributed by atoms with Gasteiger partial charge in [0.05, 0.1) is 37.6 Å². The molecule has 2 aromatic rings. The summed E-state index contributed by atoms with van der Waals surface area (Å²) in [4.78, 5) is 19.0. The lowest BCUT2D eigenvalue weighted by Crippen LogP contribution is -2.35. The molecule has 1 saturated heterocycles. The van der Waals surface area contributed by atoms with Crippen molar-refractivity contribution in [1.29, 1.82) is 0 Å². The average molecular weight is 367 g/mol. The van der Waals surface area contributed by atoms with Crippen LogP contribution in [-0.2, 0) is 23.6 Å². The molecular formula is C16H21N3O3S2. The van der Waals surface area contributed by atoms with Gasteiger partial charge in [0.1, 0.15) is 17.0 Å². The van der Waals surface area contributed by atoms with Crippen LogP contribution in [0.1, 0.15) is 26.8 Å². The highest BCUT2D eigenvalue weighted by molar-refractivity contribution is 7.97. The number of thiazole rings is 1. The normalized spacial score (nSPS) is 15.5. The summed E-state index contributed by atoms with van der Waals surface area (Å²) >= 11 is 3.37. The Kier molecular flexibility index (Phi) is 6.30. The molecule has 1 aliphatic heterocycles. The lowest BCUT2D eigenvalue weighted by Gasteiger charge is -2.25. The van der Waals surface area contributed by atoms with Gasteiger partial charge in [0.25, 0.3) is 5.91 Å². The lowest BCUT2D eigenvalue weighted by molar-refractivity contribution is 0.0313. The van der Waals surface area contributed by atoms with Crippen molar-refractivity contribution < 1.29 is 13.9 Å². The molecule has 1 fully saturated rings. The van der Waals surface area contributed by atoms with Crippen LogP contribution in [0.25, 0.3) is 0 Å². The fourth-order valence-electron chi connectivity index (χ4n) is 2.46. The van der Waals surface area contributed by atoms with Crippen LogP contribution in [0.5, 0.6) is 0 Å². The third kappa shape index (κ3) is 4.83. The zero-order valence-corrected chi connectivity index (χ0v) is 15.3. The summed E-state index contributed by atoms with van der Waals surface area (Å²) in [6, 6.07) is 1.81. The predicted molar refractivity (Wildman–Crippen MR) is 95.3 cm³/mol. The molecule has 0 aromatic carbocycles. The third-order valence-corrected chi connectivity index (χ3v) is 5.34. The van der Waals surface area contributed by atoms with E-state index in [1.807, 2.05) is 11.4 Å². The Morgan fingerprint density at radius 3 is 3.08 bits per heavy atom. The fourth-order valence-corrected chi connectivity index (χ4v) is 3.97. The maximum absolute atomic E-state index is 12.2. The average Bonchev–Trinajstić information content (AvgIpc) is 3.24. The van der Waals surface area contributed by atoms with Gasteiger partial charge in [0.15, 0.2) is 0 Å². The number of hydrogen-bond donors (Lipinski definition) is 1. The van der Waals surface area contributed by atoms with Crippen LogP contribution >= 0.6 is 23.1 Å². The molecule has 1 aliphatic rings. The molecule has 0 atom stereocenters. The molecule has 3 heterocycles. The van der Waals surface area contributed by atoms with Crippen LogP contribution in [0.15, 0.2) is 22.1 Å². The summed E-state index contributed by atoms with van der Waals surface area (Å²) in [6.07, 6.45) is 3.57. The molecule has 6 nitrogen and oxygen atoms in total. The fraction of sp³-hybridized carbons (Fsp3) is 0.500. The van der Waals surface area contributed by atoms with Crippen molar-refractivity contribution in [2.24, 2.45) is 0 Å². The van der Waals surface area contributed by atoms with Gasteiger partial charge in [0, 0.05) is 24.2 Å². The molecule has 0 spiro atoms. The van der Waals surface area contributed by atoms with Crippen molar-refractivity contribution in [2.45, 2.75) is 18.8 Å². The SMILES string of the molecule is CSCc1nc(CNC(=O)c2coc(CN3CCOCC3)c2)cs1. The number of aromatic nitrogens is 1. The van der Waals surface area contributed by atoms with E-state index in [4.69, 9.17) is 9.15 Å². The van der Waals surface area contributed by atoms with E-state index >= 15 is 0 Å². The number of carbonyl (C=O) groups excluding carboxylic acids is 1. The van der Waals surface area contributed by atoms with E-state index < -0.39 is 0 Å². The van der Waals surface area contributed by atoms with Crippen molar-refractivity contribution >= 4 is 29.0 Å². The molecule has 130 valence electrons. The second-order valence-electron chi connectivity index (χ2n) is 5.54. The van der Waals surface area contributed by atoms with E-state index in [-0.39, 0.29) is 5.91 Å². The van der Waals surface area contributed by atoms with Gasteiger partial charge in [-0.25, -0.2) is 4.98 Å². The topological polar surface area (TPSA) is 67.6 Å². The monoisotopic (exact) mass is 367 g/mol. The van der Waals surface area contributed by atoms with Gasteiger partial charge in [-0.1, -0.05) is 0 Å². The Balaban J connectivity index is 1.49. The molecule has 24 heavy (non-hydrogen) atoms. The lowest BCUT2D eigenvalue weighted by atomic mass is 10.2. The molecule has 1 amide bonds. The van der Waals surface area contributed by atoms with E-state index in [1.54, 1.807) is 23.1 Å². The maximum atomic E-state index is 12.2. The number of rotatable bonds is 7. The van der Waals surface area contributed by atoms with Crippen LogP contribution in [0.4, 0.5) is 0 Å². The summed E-state index contributed by atoms with van der Waals surface area (Å²) in [7, 11) is 0. The summed E-state index contributed by atoms with van der Waals surface area (Å²) in [5.74, 6) is 1.58. The van der Waals surface area contributed by atoms with E-state index in [9.17, 15) is 4.79 Å². The van der Waals surface area contributed by atoms with Crippen LogP contribution < -0.4 is 5.32 Å². The molecule has 0 aliphatic carbocycles. The van der Waals surface area contributed by atoms with Crippen LogP contribution in [0.2, 0.25) is 0 Å². The number of thioether (sulfide) groups is 1. The number of amides is 1. The van der Waals surface area contributed by atoms with Gasteiger partial charge in [0.2, 0.25) is 0 Å². The number of nitrogens with zero attached hydrogens (tertiary/aromatic N) is 2. The van der Waals surface area contributed by atoms with E-state index in [1.165, 1.54) is 6.26 Å². The van der Waals surface area contributed by atoms with Gasteiger partial charge in [-0.2, -0.15) is 11.8 Å². The van der Waals surface area contributed by atoms with E-state index in [2.05, 4.69) is 21.5 Å². The summed E-state index contributed by atoms with van der Waals surface area (Å²) < 4.78 is 10.8. The zero-order chi connectivity index (χ0) is 16.8. The molecule has 3 rings (SSSR count). The first-order valence-corrected chi connectivity index (χ1v) is 10.1. The summed E-state index contributed by atoms with van der Waals surface area (Å²) in [6.45, 7) is 4.43. The van der Waals surface area contributed by atoms with Crippen molar-refractivity contribution in [1.82, 2.24) is 15.2 Å². The Labute approximate surface area is 149 Å². The first-order chi connectivity index (χ1) is 11.7. The summed E-state index contributed by atoms with van der Waals surface area (Å²) in [5, 5.41) is 5.97. The van der Waals surface area contributed by atoms with Gasteiger partial charge < -0.3 is 14.5 Å².